The maximum atomic E-state index is 12.6. The third kappa shape index (κ3) is 3.37. The Bertz CT molecular complexity index is 531. The molecular formula is C13H19BrN2O2S. The lowest BCUT2D eigenvalue weighted by Crippen LogP contribution is -2.42. The Morgan fingerprint density at radius 1 is 1.42 bits per heavy atom. The van der Waals surface area contributed by atoms with Crippen molar-refractivity contribution in [3.63, 3.8) is 0 Å². The minimum atomic E-state index is -3.39. The number of hydrogen-bond donors (Lipinski definition) is 1. The molecule has 4 nitrogen and oxygen atoms in total. The molecule has 1 N–H and O–H groups in total. The maximum absolute atomic E-state index is 12.6. The second-order valence-electron chi connectivity index (χ2n) is 4.86. The van der Waals surface area contributed by atoms with Crippen molar-refractivity contribution >= 4 is 26.0 Å². The first kappa shape index (κ1) is 15.0. The fourth-order valence-corrected chi connectivity index (χ4v) is 5.01. The van der Waals surface area contributed by atoms with Gasteiger partial charge >= 0.3 is 0 Å². The first-order valence-electron chi connectivity index (χ1n) is 6.45. The Morgan fingerprint density at radius 2 is 2.16 bits per heavy atom. The summed E-state index contributed by atoms with van der Waals surface area (Å²) in [7, 11) is -1.48. The molecule has 0 aliphatic carbocycles. The highest BCUT2D eigenvalue weighted by atomic mass is 79.9. The van der Waals surface area contributed by atoms with Gasteiger partial charge in [-0.15, -0.1) is 0 Å². The van der Waals surface area contributed by atoms with E-state index in [4.69, 9.17) is 0 Å². The number of halogens is 1. The van der Waals surface area contributed by atoms with Gasteiger partial charge in [0.15, 0.2) is 0 Å². The van der Waals surface area contributed by atoms with Gasteiger partial charge in [-0.25, -0.2) is 8.42 Å². The number of rotatable bonds is 4. The van der Waals surface area contributed by atoms with E-state index in [0.717, 1.165) is 19.4 Å². The smallest absolute Gasteiger partial charge is 0.244 e. The number of piperidine rings is 1. The fraction of sp³-hybridized carbons (Fsp3) is 0.538. The highest BCUT2D eigenvalue weighted by Gasteiger charge is 2.30. The van der Waals surface area contributed by atoms with Crippen LogP contribution in [-0.2, 0) is 10.0 Å². The highest BCUT2D eigenvalue weighted by Crippen LogP contribution is 2.28. The second kappa shape index (κ2) is 6.35. The van der Waals surface area contributed by atoms with Gasteiger partial charge in [0.25, 0.3) is 0 Å². The first-order chi connectivity index (χ1) is 9.05. The molecule has 0 amide bonds. The molecule has 1 aromatic rings. The number of sulfonamides is 1. The molecule has 0 radical (unpaired) electrons. The van der Waals surface area contributed by atoms with E-state index in [-0.39, 0.29) is 0 Å². The number of hydrogen-bond acceptors (Lipinski definition) is 3. The zero-order chi connectivity index (χ0) is 13.9. The van der Waals surface area contributed by atoms with Gasteiger partial charge < -0.3 is 5.32 Å². The third-order valence-corrected chi connectivity index (χ3v) is 6.31. The molecule has 1 atom stereocenters. The van der Waals surface area contributed by atoms with Gasteiger partial charge in [-0.1, -0.05) is 12.1 Å². The molecular weight excluding hydrogens is 328 g/mol. The standard InChI is InChI=1S/C13H19BrN2O2S/c1-15-9-11-5-4-8-16(10-11)19(17,18)13-7-3-2-6-12(13)14/h2-3,6-7,11,15H,4-5,8-10H2,1H3/t11-/m1/s1. The highest BCUT2D eigenvalue weighted by molar-refractivity contribution is 9.10. The SMILES string of the molecule is CNC[C@H]1CCCN(S(=O)(=O)c2ccccc2Br)C1. The van der Waals surface area contributed by atoms with Crippen LogP contribution in [0.15, 0.2) is 33.6 Å². The lowest BCUT2D eigenvalue weighted by molar-refractivity contribution is 0.263. The van der Waals surface area contributed by atoms with Gasteiger partial charge in [-0.05, 0) is 60.4 Å². The minimum absolute atomic E-state index is 0.361. The quantitative estimate of drug-likeness (QED) is 0.907. The van der Waals surface area contributed by atoms with E-state index in [2.05, 4.69) is 21.2 Å². The predicted molar refractivity (Wildman–Crippen MR) is 79.6 cm³/mol. The molecule has 0 bridgehead atoms. The molecule has 0 unspecified atom stereocenters. The summed E-state index contributed by atoms with van der Waals surface area (Å²) in [5.74, 6) is 0.399. The molecule has 106 valence electrons. The zero-order valence-corrected chi connectivity index (χ0v) is 13.4. The molecule has 1 fully saturated rings. The predicted octanol–water partition coefficient (Wildman–Crippen LogP) is 2.07. The summed E-state index contributed by atoms with van der Waals surface area (Å²) in [6, 6.07) is 7.00. The lowest BCUT2D eigenvalue weighted by atomic mass is 10.00. The van der Waals surface area contributed by atoms with Crippen LogP contribution in [0.4, 0.5) is 0 Å². The van der Waals surface area contributed by atoms with Crippen LogP contribution in [0, 0.1) is 5.92 Å². The lowest BCUT2D eigenvalue weighted by Gasteiger charge is -2.32. The van der Waals surface area contributed by atoms with Gasteiger partial charge in [-0.3, -0.25) is 0 Å². The van der Waals surface area contributed by atoms with Crippen LogP contribution in [0.2, 0.25) is 0 Å². The summed E-state index contributed by atoms with van der Waals surface area (Å²) < 4.78 is 27.5. The van der Waals surface area contributed by atoms with Gasteiger partial charge in [0.1, 0.15) is 0 Å². The van der Waals surface area contributed by atoms with Crippen molar-refractivity contribution in [3.8, 4) is 0 Å². The van der Waals surface area contributed by atoms with Crippen LogP contribution < -0.4 is 5.32 Å². The Balaban J connectivity index is 2.22. The Hall–Kier alpha value is -0.430. The van der Waals surface area contributed by atoms with Gasteiger partial charge in [0.05, 0.1) is 4.90 Å². The second-order valence-corrected chi connectivity index (χ2v) is 7.62. The third-order valence-electron chi connectivity index (χ3n) is 3.43. The van der Waals surface area contributed by atoms with E-state index >= 15 is 0 Å². The molecule has 1 aliphatic heterocycles. The Labute approximate surface area is 123 Å². The van der Waals surface area contributed by atoms with Crippen molar-refractivity contribution in [2.24, 2.45) is 5.92 Å². The van der Waals surface area contributed by atoms with E-state index in [1.807, 2.05) is 13.1 Å². The minimum Gasteiger partial charge on any atom is -0.319 e. The molecule has 2 rings (SSSR count). The molecule has 0 aromatic heterocycles. The molecule has 19 heavy (non-hydrogen) atoms. The van der Waals surface area contributed by atoms with Crippen molar-refractivity contribution in [1.82, 2.24) is 9.62 Å². The summed E-state index contributed by atoms with van der Waals surface area (Å²) in [4.78, 5) is 0.361. The number of benzene rings is 1. The maximum Gasteiger partial charge on any atom is 0.244 e. The van der Waals surface area contributed by atoms with E-state index < -0.39 is 10.0 Å². The van der Waals surface area contributed by atoms with E-state index in [0.29, 0.717) is 28.4 Å². The van der Waals surface area contributed by atoms with Gasteiger partial charge in [0.2, 0.25) is 10.0 Å². The van der Waals surface area contributed by atoms with Crippen LogP contribution in [-0.4, -0.2) is 39.4 Å². The molecule has 1 aromatic carbocycles. The molecule has 1 heterocycles. The van der Waals surface area contributed by atoms with E-state index in [9.17, 15) is 8.42 Å². The summed E-state index contributed by atoms with van der Waals surface area (Å²) in [5, 5.41) is 3.13. The van der Waals surface area contributed by atoms with E-state index in [1.54, 1.807) is 22.5 Å². The van der Waals surface area contributed by atoms with Crippen LogP contribution in [0.3, 0.4) is 0 Å². The van der Waals surface area contributed by atoms with Crippen LogP contribution in [0.5, 0.6) is 0 Å². The molecule has 0 saturated carbocycles. The average molecular weight is 347 g/mol. The van der Waals surface area contributed by atoms with Crippen molar-refractivity contribution < 1.29 is 8.42 Å². The van der Waals surface area contributed by atoms with Crippen LogP contribution in [0.1, 0.15) is 12.8 Å². The monoisotopic (exact) mass is 346 g/mol. The summed E-state index contributed by atoms with van der Waals surface area (Å²) in [6.07, 6.45) is 2.01. The van der Waals surface area contributed by atoms with Gasteiger partial charge in [0, 0.05) is 17.6 Å². The molecule has 1 aliphatic rings. The first-order valence-corrected chi connectivity index (χ1v) is 8.68. The largest absolute Gasteiger partial charge is 0.319 e. The van der Waals surface area contributed by atoms with Crippen molar-refractivity contribution in [2.45, 2.75) is 17.7 Å². The van der Waals surface area contributed by atoms with Crippen LogP contribution in [0.25, 0.3) is 0 Å². The summed E-state index contributed by atoms with van der Waals surface area (Å²) in [5.41, 5.74) is 0. The van der Waals surface area contributed by atoms with Crippen molar-refractivity contribution in [1.29, 1.82) is 0 Å². The summed E-state index contributed by atoms with van der Waals surface area (Å²) >= 11 is 3.33. The molecule has 6 heteroatoms. The van der Waals surface area contributed by atoms with Crippen molar-refractivity contribution in [3.05, 3.63) is 28.7 Å². The number of nitrogens with one attached hydrogen (secondary N) is 1. The van der Waals surface area contributed by atoms with Gasteiger partial charge in [-0.2, -0.15) is 4.31 Å². The van der Waals surface area contributed by atoms with E-state index in [1.165, 1.54) is 0 Å². The van der Waals surface area contributed by atoms with Crippen LogP contribution >= 0.6 is 15.9 Å². The zero-order valence-electron chi connectivity index (χ0n) is 11.0. The van der Waals surface area contributed by atoms with Crippen molar-refractivity contribution in [2.75, 3.05) is 26.7 Å². The molecule has 1 saturated heterocycles. The summed E-state index contributed by atoms with van der Waals surface area (Å²) in [6.45, 7) is 2.08. The Kier molecular flexibility index (Phi) is 5.00. The number of nitrogens with zero attached hydrogens (tertiary/aromatic N) is 1. The Morgan fingerprint density at radius 3 is 2.84 bits per heavy atom. The topological polar surface area (TPSA) is 49.4 Å². The average Bonchev–Trinajstić information content (AvgIpc) is 2.40. The fourth-order valence-electron chi connectivity index (χ4n) is 2.49. The molecule has 0 spiro atoms. The normalized spacial score (nSPS) is 21.5.